The Kier molecular flexibility index (Phi) is 2.64. The van der Waals surface area contributed by atoms with E-state index >= 15 is 0 Å². The molecule has 3 nitrogen and oxygen atoms in total. The Morgan fingerprint density at radius 2 is 2.29 bits per heavy atom. The van der Waals surface area contributed by atoms with Crippen LogP contribution >= 0.6 is 11.3 Å². The summed E-state index contributed by atoms with van der Waals surface area (Å²) in [6.45, 7) is 2.87. The van der Waals surface area contributed by atoms with E-state index in [0.717, 1.165) is 6.54 Å². The zero-order valence-corrected chi connectivity index (χ0v) is 9.62. The van der Waals surface area contributed by atoms with E-state index in [1.54, 1.807) is 11.3 Å². The van der Waals surface area contributed by atoms with E-state index in [-0.39, 0.29) is 6.04 Å². The first kappa shape index (κ1) is 10.1. The molecule has 0 atom stereocenters. The van der Waals surface area contributed by atoms with Gasteiger partial charge >= 0.3 is 0 Å². The normalized spacial score (nSPS) is 20.6. The highest BCUT2D eigenvalue weighted by molar-refractivity contribution is 7.92. The van der Waals surface area contributed by atoms with E-state index in [1.807, 2.05) is 0 Å². The van der Waals surface area contributed by atoms with Gasteiger partial charge in [0.15, 0.2) is 9.84 Å². The van der Waals surface area contributed by atoms with Crippen molar-refractivity contribution < 1.29 is 8.42 Å². The first-order chi connectivity index (χ1) is 6.57. The highest BCUT2D eigenvalue weighted by atomic mass is 32.2. The fraction of sp³-hybridized carbons (Fsp3) is 0.556. The molecule has 78 valence electrons. The molecule has 0 amide bonds. The molecule has 0 bridgehead atoms. The van der Waals surface area contributed by atoms with Gasteiger partial charge in [-0.1, -0.05) is 0 Å². The van der Waals surface area contributed by atoms with Crippen molar-refractivity contribution in [2.75, 3.05) is 11.5 Å². The summed E-state index contributed by atoms with van der Waals surface area (Å²) in [7, 11) is -2.69. The van der Waals surface area contributed by atoms with Gasteiger partial charge in [0.25, 0.3) is 0 Å². The van der Waals surface area contributed by atoms with Crippen molar-refractivity contribution in [2.24, 2.45) is 0 Å². The molecule has 14 heavy (non-hydrogen) atoms. The number of nitrogens with one attached hydrogen (secondary N) is 1. The van der Waals surface area contributed by atoms with E-state index in [9.17, 15) is 8.42 Å². The van der Waals surface area contributed by atoms with E-state index in [0.29, 0.717) is 11.5 Å². The molecule has 1 aliphatic heterocycles. The summed E-state index contributed by atoms with van der Waals surface area (Å²) in [5.41, 5.74) is 1.28. The van der Waals surface area contributed by atoms with E-state index < -0.39 is 9.84 Å². The molecule has 1 aromatic heterocycles. The molecule has 2 rings (SSSR count). The maximum Gasteiger partial charge on any atom is 0.153 e. The SMILES string of the molecule is Cc1sccc1CNC1CS(=O)(=O)C1. The summed E-state index contributed by atoms with van der Waals surface area (Å²) in [4.78, 5) is 1.31. The molecule has 1 aromatic rings. The summed E-state index contributed by atoms with van der Waals surface area (Å²) >= 11 is 1.72. The molecule has 1 saturated heterocycles. The fourth-order valence-corrected chi connectivity index (χ4v) is 3.62. The van der Waals surface area contributed by atoms with Crippen LogP contribution in [-0.4, -0.2) is 26.0 Å². The molecule has 1 aliphatic rings. The van der Waals surface area contributed by atoms with Gasteiger partial charge in [-0.15, -0.1) is 11.3 Å². The average molecular weight is 231 g/mol. The van der Waals surface area contributed by atoms with Crippen LogP contribution in [0.4, 0.5) is 0 Å². The van der Waals surface area contributed by atoms with Crippen LogP contribution in [0.1, 0.15) is 10.4 Å². The summed E-state index contributed by atoms with van der Waals surface area (Å²) in [5.74, 6) is 0.604. The quantitative estimate of drug-likeness (QED) is 0.842. The number of hydrogen-bond donors (Lipinski definition) is 1. The van der Waals surface area contributed by atoms with Crippen LogP contribution < -0.4 is 5.32 Å². The standard InChI is InChI=1S/C9H13NO2S2/c1-7-8(2-3-13-7)4-10-9-5-14(11,12)6-9/h2-3,9-10H,4-6H2,1H3. The molecule has 2 heterocycles. The van der Waals surface area contributed by atoms with Gasteiger partial charge in [-0.2, -0.15) is 0 Å². The number of rotatable bonds is 3. The molecule has 0 aliphatic carbocycles. The lowest BCUT2D eigenvalue weighted by Gasteiger charge is -2.26. The van der Waals surface area contributed by atoms with Crippen LogP contribution in [0.3, 0.4) is 0 Å². The average Bonchev–Trinajstić information content (AvgIpc) is 2.44. The van der Waals surface area contributed by atoms with Crippen LogP contribution in [0, 0.1) is 6.92 Å². The zero-order valence-electron chi connectivity index (χ0n) is 7.99. The van der Waals surface area contributed by atoms with E-state index in [2.05, 4.69) is 23.7 Å². The topological polar surface area (TPSA) is 46.2 Å². The second-order valence-corrected chi connectivity index (χ2v) is 6.93. The minimum Gasteiger partial charge on any atom is -0.308 e. The highest BCUT2D eigenvalue weighted by Gasteiger charge is 2.32. The minimum absolute atomic E-state index is 0.166. The molecular weight excluding hydrogens is 218 g/mol. The third-order valence-corrected chi connectivity index (χ3v) is 5.17. The molecule has 5 heteroatoms. The van der Waals surface area contributed by atoms with Gasteiger partial charge in [-0.25, -0.2) is 8.42 Å². The molecular formula is C9H13NO2S2. The maximum atomic E-state index is 10.9. The lowest BCUT2D eigenvalue weighted by Crippen LogP contribution is -2.50. The summed E-state index contributed by atoms with van der Waals surface area (Å²) in [6.07, 6.45) is 0. The predicted molar refractivity (Wildman–Crippen MR) is 58.3 cm³/mol. The Bertz CT molecular complexity index is 410. The van der Waals surface area contributed by atoms with Crippen molar-refractivity contribution >= 4 is 21.2 Å². The molecule has 0 radical (unpaired) electrons. The first-order valence-electron chi connectivity index (χ1n) is 4.53. The van der Waals surface area contributed by atoms with Crippen LogP contribution in [0.25, 0.3) is 0 Å². The monoisotopic (exact) mass is 231 g/mol. The number of hydrogen-bond acceptors (Lipinski definition) is 4. The minimum atomic E-state index is -2.69. The molecule has 0 aromatic carbocycles. The van der Waals surface area contributed by atoms with Crippen molar-refractivity contribution in [3.63, 3.8) is 0 Å². The highest BCUT2D eigenvalue weighted by Crippen LogP contribution is 2.16. The Labute approximate surface area is 88.1 Å². The second kappa shape index (κ2) is 3.64. The Balaban J connectivity index is 1.82. The van der Waals surface area contributed by atoms with Gasteiger partial charge in [0.05, 0.1) is 11.5 Å². The molecule has 0 spiro atoms. The zero-order chi connectivity index (χ0) is 10.2. The predicted octanol–water partition coefficient (Wildman–Crippen LogP) is 0.943. The van der Waals surface area contributed by atoms with Crippen LogP contribution in [-0.2, 0) is 16.4 Å². The largest absolute Gasteiger partial charge is 0.308 e. The number of aryl methyl sites for hydroxylation is 1. The second-order valence-electron chi connectivity index (χ2n) is 3.66. The van der Waals surface area contributed by atoms with E-state index in [1.165, 1.54) is 10.4 Å². The van der Waals surface area contributed by atoms with Gasteiger partial charge in [0.1, 0.15) is 0 Å². The fourth-order valence-electron chi connectivity index (χ4n) is 1.53. The molecule has 1 fully saturated rings. The molecule has 0 saturated carbocycles. The number of thiophene rings is 1. The third-order valence-electron chi connectivity index (χ3n) is 2.46. The third kappa shape index (κ3) is 2.16. The van der Waals surface area contributed by atoms with Crippen molar-refractivity contribution in [2.45, 2.75) is 19.5 Å². The van der Waals surface area contributed by atoms with E-state index in [4.69, 9.17) is 0 Å². The Morgan fingerprint density at radius 1 is 1.57 bits per heavy atom. The summed E-state index contributed by atoms with van der Waals surface area (Å²) < 4.78 is 21.8. The van der Waals surface area contributed by atoms with Crippen molar-refractivity contribution in [1.82, 2.24) is 5.32 Å². The van der Waals surface area contributed by atoms with Crippen molar-refractivity contribution in [3.05, 3.63) is 21.9 Å². The lowest BCUT2D eigenvalue weighted by molar-refractivity contribution is 0.511. The molecule has 1 N–H and O–H groups in total. The first-order valence-corrected chi connectivity index (χ1v) is 7.24. The smallest absolute Gasteiger partial charge is 0.153 e. The Hall–Kier alpha value is -0.390. The number of sulfone groups is 1. The van der Waals surface area contributed by atoms with Crippen molar-refractivity contribution in [1.29, 1.82) is 0 Å². The van der Waals surface area contributed by atoms with Crippen LogP contribution in [0.15, 0.2) is 11.4 Å². The van der Waals surface area contributed by atoms with Gasteiger partial charge in [-0.05, 0) is 23.9 Å². The van der Waals surface area contributed by atoms with Crippen LogP contribution in [0.2, 0.25) is 0 Å². The lowest BCUT2D eigenvalue weighted by atomic mass is 10.2. The van der Waals surface area contributed by atoms with Gasteiger partial charge in [0, 0.05) is 17.5 Å². The van der Waals surface area contributed by atoms with Gasteiger partial charge < -0.3 is 5.32 Å². The summed E-state index contributed by atoms with van der Waals surface area (Å²) in [6, 6.07) is 2.25. The summed E-state index contributed by atoms with van der Waals surface area (Å²) in [5, 5.41) is 5.30. The molecule has 0 unspecified atom stereocenters. The maximum absolute atomic E-state index is 10.9. The van der Waals surface area contributed by atoms with Crippen molar-refractivity contribution in [3.8, 4) is 0 Å². The van der Waals surface area contributed by atoms with Gasteiger partial charge in [-0.3, -0.25) is 0 Å². The van der Waals surface area contributed by atoms with Crippen LogP contribution in [0.5, 0.6) is 0 Å². The van der Waals surface area contributed by atoms with Gasteiger partial charge in [0.2, 0.25) is 0 Å². The Morgan fingerprint density at radius 3 is 2.79 bits per heavy atom.